The van der Waals surface area contributed by atoms with Crippen molar-refractivity contribution < 1.29 is 13.2 Å². The van der Waals surface area contributed by atoms with Crippen molar-refractivity contribution in [3.05, 3.63) is 36.9 Å². The van der Waals surface area contributed by atoms with Gasteiger partial charge < -0.3 is 14.2 Å². The number of sulfonamides is 1. The fourth-order valence-electron chi connectivity index (χ4n) is 2.47. The summed E-state index contributed by atoms with van der Waals surface area (Å²) in [6.07, 6.45) is 5.97. The molecule has 1 N–H and O–H groups in total. The Labute approximate surface area is 135 Å². The Hall–Kier alpha value is -2.06. The summed E-state index contributed by atoms with van der Waals surface area (Å²) in [6.45, 7) is 2.46. The van der Waals surface area contributed by atoms with Crippen molar-refractivity contribution in [3.8, 4) is 5.75 Å². The van der Waals surface area contributed by atoms with Crippen LogP contribution >= 0.6 is 0 Å². The molecule has 2 heterocycles. The Balaban J connectivity index is 1.64. The van der Waals surface area contributed by atoms with Crippen molar-refractivity contribution >= 4 is 15.7 Å². The zero-order chi connectivity index (χ0) is 16.3. The molecule has 0 atom stereocenters. The van der Waals surface area contributed by atoms with Crippen molar-refractivity contribution in [3.63, 3.8) is 0 Å². The van der Waals surface area contributed by atoms with E-state index in [1.165, 1.54) is 0 Å². The molecule has 2 aromatic rings. The van der Waals surface area contributed by atoms with E-state index in [9.17, 15) is 8.42 Å². The maximum absolute atomic E-state index is 12.4. The van der Waals surface area contributed by atoms with Gasteiger partial charge in [-0.05, 0) is 24.6 Å². The summed E-state index contributed by atoms with van der Waals surface area (Å²) in [4.78, 5) is 6.21. The maximum atomic E-state index is 12.4. The molecule has 0 bridgehead atoms. The summed E-state index contributed by atoms with van der Waals surface area (Å²) in [5.41, 5.74) is 0.803. The van der Waals surface area contributed by atoms with E-state index in [-0.39, 0.29) is 4.90 Å². The Morgan fingerprint density at radius 3 is 3.04 bits per heavy atom. The molecule has 0 saturated carbocycles. The minimum atomic E-state index is -3.52. The van der Waals surface area contributed by atoms with Gasteiger partial charge in [-0.2, -0.15) is 0 Å². The third-order valence-corrected chi connectivity index (χ3v) is 5.24. The number of aromatic nitrogens is 2. The highest BCUT2D eigenvalue weighted by atomic mass is 32.2. The van der Waals surface area contributed by atoms with Crippen LogP contribution in [0.1, 0.15) is 6.42 Å². The summed E-state index contributed by atoms with van der Waals surface area (Å²) in [5.74, 6) is 0.720. The van der Waals surface area contributed by atoms with Crippen LogP contribution in [-0.2, 0) is 16.6 Å². The highest BCUT2D eigenvalue weighted by Gasteiger charge is 2.20. The smallest absolute Gasteiger partial charge is 0.240 e. The maximum Gasteiger partial charge on any atom is 0.240 e. The summed E-state index contributed by atoms with van der Waals surface area (Å²) in [6, 6.07) is 4.95. The number of nitrogens with zero attached hydrogens (tertiary/aromatic N) is 3. The molecule has 1 aliphatic rings. The average Bonchev–Trinajstić information content (AvgIpc) is 3.05. The average molecular weight is 336 g/mol. The number of anilines is 1. The summed E-state index contributed by atoms with van der Waals surface area (Å²) >= 11 is 0. The van der Waals surface area contributed by atoms with Crippen molar-refractivity contribution in [2.45, 2.75) is 17.9 Å². The van der Waals surface area contributed by atoms with Crippen LogP contribution in [0.3, 0.4) is 0 Å². The van der Waals surface area contributed by atoms with E-state index >= 15 is 0 Å². The van der Waals surface area contributed by atoms with Gasteiger partial charge in [0.25, 0.3) is 0 Å². The molecular weight excluding hydrogens is 316 g/mol. The minimum Gasteiger partial charge on any atom is -0.490 e. The van der Waals surface area contributed by atoms with Crippen LogP contribution in [0.4, 0.5) is 5.69 Å². The molecule has 23 heavy (non-hydrogen) atoms. The lowest BCUT2D eigenvalue weighted by atomic mass is 10.2. The van der Waals surface area contributed by atoms with Gasteiger partial charge in [0, 0.05) is 32.5 Å². The number of nitrogens with one attached hydrogen (secondary N) is 1. The van der Waals surface area contributed by atoms with Gasteiger partial charge in [-0.15, -0.1) is 0 Å². The molecular formula is C15H20N4O3S. The van der Waals surface area contributed by atoms with Gasteiger partial charge in [0.1, 0.15) is 12.4 Å². The number of likely N-dealkylation sites (N-methyl/N-ethyl adjacent to an activating group) is 1. The standard InChI is InChI=1S/C15H20N4O3S/c1-18-9-10-22-15-4-3-13(11-14(15)18)23(20,21)17-5-2-7-19-8-6-16-12-19/h3-4,6,8,11-12,17H,2,5,7,9-10H2,1H3. The highest BCUT2D eigenvalue weighted by Crippen LogP contribution is 2.32. The summed E-state index contributed by atoms with van der Waals surface area (Å²) in [5, 5.41) is 0. The van der Waals surface area contributed by atoms with E-state index in [4.69, 9.17) is 4.74 Å². The van der Waals surface area contributed by atoms with Gasteiger partial charge >= 0.3 is 0 Å². The number of hydrogen-bond acceptors (Lipinski definition) is 5. The van der Waals surface area contributed by atoms with Crippen molar-refractivity contribution in [1.29, 1.82) is 0 Å². The predicted octanol–water partition coefficient (Wildman–Crippen LogP) is 1.08. The number of benzene rings is 1. The molecule has 0 unspecified atom stereocenters. The number of ether oxygens (including phenoxy) is 1. The lowest BCUT2D eigenvalue weighted by Crippen LogP contribution is -2.30. The van der Waals surface area contributed by atoms with Gasteiger partial charge in [0.2, 0.25) is 10.0 Å². The van der Waals surface area contributed by atoms with E-state index in [0.717, 1.165) is 24.5 Å². The molecule has 8 heteroatoms. The first kappa shape index (κ1) is 15.8. The number of hydrogen-bond donors (Lipinski definition) is 1. The Morgan fingerprint density at radius 2 is 2.26 bits per heavy atom. The van der Waals surface area contributed by atoms with Gasteiger partial charge in [-0.25, -0.2) is 18.1 Å². The number of aryl methyl sites for hydroxylation is 1. The molecule has 3 rings (SSSR count). The molecule has 124 valence electrons. The molecule has 0 aliphatic carbocycles. The van der Waals surface area contributed by atoms with E-state index in [1.807, 2.05) is 22.7 Å². The van der Waals surface area contributed by atoms with Crippen molar-refractivity contribution in [1.82, 2.24) is 14.3 Å². The first-order valence-corrected chi connectivity index (χ1v) is 8.98. The zero-order valence-electron chi connectivity index (χ0n) is 13.0. The van der Waals surface area contributed by atoms with Crippen LogP contribution in [-0.4, -0.2) is 44.7 Å². The van der Waals surface area contributed by atoms with Crippen LogP contribution < -0.4 is 14.4 Å². The van der Waals surface area contributed by atoms with Gasteiger partial charge in [0.05, 0.1) is 23.5 Å². The Kier molecular flexibility index (Phi) is 4.53. The van der Waals surface area contributed by atoms with Crippen LogP contribution in [0.5, 0.6) is 5.75 Å². The fourth-order valence-corrected chi connectivity index (χ4v) is 3.56. The lowest BCUT2D eigenvalue weighted by Gasteiger charge is -2.28. The predicted molar refractivity (Wildman–Crippen MR) is 87.2 cm³/mol. The second kappa shape index (κ2) is 6.59. The van der Waals surface area contributed by atoms with E-state index in [2.05, 4.69) is 9.71 Å². The molecule has 1 aliphatic heterocycles. The molecule has 0 radical (unpaired) electrons. The number of rotatable bonds is 6. The topological polar surface area (TPSA) is 76.5 Å². The first-order chi connectivity index (χ1) is 11.1. The van der Waals surface area contributed by atoms with Crippen LogP contribution in [0.15, 0.2) is 41.8 Å². The lowest BCUT2D eigenvalue weighted by molar-refractivity contribution is 0.311. The molecule has 1 aromatic heterocycles. The van der Waals surface area contributed by atoms with Gasteiger partial charge in [0.15, 0.2) is 0 Å². The third-order valence-electron chi connectivity index (χ3n) is 3.78. The highest BCUT2D eigenvalue weighted by molar-refractivity contribution is 7.89. The van der Waals surface area contributed by atoms with Gasteiger partial charge in [-0.1, -0.05) is 0 Å². The Morgan fingerprint density at radius 1 is 1.39 bits per heavy atom. The summed E-state index contributed by atoms with van der Waals surface area (Å²) in [7, 11) is -1.59. The first-order valence-electron chi connectivity index (χ1n) is 7.50. The second-order valence-electron chi connectivity index (χ2n) is 5.45. The second-order valence-corrected chi connectivity index (χ2v) is 7.22. The number of fused-ring (bicyclic) bond motifs is 1. The van der Waals surface area contributed by atoms with Crippen molar-refractivity contribution in [2.24, 2.45) is 0 Å². The minimum absolute atomic E-state index is 0.260. The van der Waals surface area contributed by atoms with Crippen LogP contribution in [0.2, 0.25) is 0 Å². The molecule has 0 fully saturated rings. The Bertz CT molecular complexity index is 759. The van der Waals surface area contributed by atoms with Gasteiger partial charge in [-0.3, -0.25) is 0 Å². The van der Waals surface area contributed by atoms with E-state index < -0.39 is 10.0 Å². The fraction of sp³-hybridized carbons (Fsp3) is 0.400. The van der Waals surface area contributed by atoms with Crippen molar-refractivity contribution in [2.75, 3.05) is 31.6 Å². The quantitative estimate of drug-likeness (QED) is 0.799. The normalized spacial score (nSPS) is 14.4. The molecule has 0 amide bonds. The molecule has 7 nitrogen and oxygen atoms in total. The van der Waals surface area contributed by atoms with E-state index in [0.29, 0.717) is 19.6 Å². The molecule has 1 aromatic carbocycles. The monoisotopic (exact) mass is 336 g/mol. The number of imidazole rings is 1. The SMILES string of the molecule is CN1CCOc2ccc(S(=O)(=O)NCCCn3ccnc3)cc21. The largest absolute Gasteiger partial charge is 0.490 e. The third kappa shape index (κ3) is 3.65. The molecule has 0 spiro atoms. The molecule has 0 saturated heterocycles. The summed E-state index contributed by atoms with van der Waals surface area (Å²) < 4.78 is 34.9. The van der Waals surface area contributed by atoms with Crippen LogP contribution in [0.25, 0.3) is 0 Å². The van der Waals surface area contributed by atoms with E-state index in [1.54, 1.807) is 30.7 Å². The van der Waals surface area contributed by atoms with Crippen LogP contribution in [0, 0.1) is 0 Å². The zero-order valence-corrected chi connectivity index (χ0v) is 13.8.